The van der Waals surface area contributed by atoms with Gasteiger partial charge in [0.05, 0.1) is 5.52 Å². The van der Waals surface area contributed by atoms with Crippen molar-refractivity contribution in [3.05, 3.63) is 5.38 Å². The number of anilines is 1. The number of nitrogen functional groups attached to an aromatic ring is 1. The second-order valence-electron chi connectivity index (χ2n) is 2.68. The fourth-order valence-corrected chi connectivity index (χ4v) is 2.23. The molecule has 0 atom stereocenters. The molecule has 0 fully saturated rings. The van der Waals surface area contributed by atoms with Gasteiger partial charge in [-0.2, -0.15) is 0 Å². The molecule has 2 heterocycles. The van der Waals surface area contributed by atoms with Crippen molar-refractivity contribution in [1.82, 2.24) is 9.97 Å². The average molecular weight is 217 g/mol. The lowest BCUT2D eigenvalue weighted by molar-refractivity contribution is 0.595. The molecule has 5 nitrogen and oxygen atoms in total. The molecule has 0 aliphatic heterocycles. The molecule has 0 bridgehead atoms. The number of fused-ring (bicyclic) bond motifs is 1. The quantitative estimate of drug-likeness (QED) is 0.732. The maximum absolute atomic E-state index is 11.1. The fourth-order valence-electron chi connectivity index (χ4n) is 0.991. The summed E-state index contributed by atoms with van der Waals surface area (Å²) in [5.74, 6) is 0. The Morgan fingerprint density at radius 2 is 2.31 bits per heavy atom. The summed E-state index contributed by atoms with van der Waals surface area (Å²) in [7, 11) is -3.27. The lowest BCUT2D eigenvalue weighted by Crippen LogP contribution is -1.99. The molecule has 13 heavy (non-hydrogen) atoms. The summed E-state index contributed by atoms with van der Waals surface area (Å²) in [5.41, 5.74) is 6.78. The van der Waals surface area contributed by atoms with Crippen LogP contribution >= 0.6 is 11.3 Å². The molecule has 0 aromatic carbocycles. The largest absolute Gasteiger partial charge is 0.389 e. The summed E-state index contributed by atoms with van der Waals surface area (Å²) in [6, 6.07) is 0. The SMILES string of the molecule is CS(=O)(=O)c1nc2c(N)scc2[nH]1. The highest BCUT2D eigenvalue weighted by Crippen LogP contribution is 2.26. The first-order valence-corrected chi connectivity index (χ1v) is 6.18. The zero-order chi connectivity index (χ0) is 9.64. The monoisotopic (exact) mass is 217 g/mol. The second-order valence-corrected chi connectivity index (χ2v) is 5.52. The summed E-state index contributed by atoms with van der Waals surface area (Å²) in [6.45, 7) is 0. The summed E-state index contributed by atoms with van der Waals surface area (Å²) in [6.07, 6.45) is 1.10. The molecule has 0 spiro atoms. The zero-order valence-corrected chi connectivity index (χ0v) is 8.37. The van der Waals surface area contributed by atoms with E-state index in [4.69, 9.17) is 5.73 Å². The summed E-state index contributed by atoms with van der Waals surface area (Å²) in [4.78, 5) is 6.57. The van der Waals surface area contributed by atoms with Crippen LogP contribution in [0.1, 0.15) is 0 Å². The van der Waals surface area contributed by atoms with Crippen LogP contribution in [0.25, 0.3) is 11.0 Å². The molecule has 3 N–H and O–H groups in total. The highest BCUT2D eigenvalue weighted by molar-refractivity contribution is 7.90. The Kier molecular flexibility index (Phi) is 1.61. The van der Waals surface area contributed by atoms with Crippen LogP contribution in [0.15, 0.2) is 10.5 Å². The Morgan fingerprint density at radius 1 is 1.62 bits per heavy atom. The summed E-state index contributed by atoms with van der Waals surface area (Å²) >= 11 is 1.33. The first kappa shape index (κ1) is 8.52. The van der Waals surface area contributed by atoms with Crippen molar-refractivity contribution in [2.24, 2.45) is 0 Å². The van der Waals surface area contributed by atoms with Gasteiger partial charge in [0.2, 0.25) is 15.0 Å². The number of nitrogens with zero attached hydrogens (tertiary/aromatic N) is 1. The number of hydrogen-bond acceptors (Lipinski definition) is 5. The van der Waals surface area contributed by atoms with Gasteiger partial charge in [-0.25, -0.2) is 13.4 Å². The van der Waals surface area contributed by atoms with E-state index in [0.29, 0.717) is 16.0 Å². The highest BCUT2D eigenvalue weighted by atomic mass is 32.2. The van der Waals surface area contributed by atoms with Gasteiger partial charge in [0.1, 0.15) is 10.5 Å². The molecular weight excluding hydrogens is 210 g/mol. The number of hydrogen-bond donors (Lipinski definition) is 2. The molecule has 2 aromatic heterocycles. The third-order valence-corrected chi connectivity index (χ3v) is 3.30. The van der Waals surface area contributed by atoms with Crippen molar-refractivity contribution in [2.75, 3.05) is 12.0 Å². The van der Waals surface area contributed by atoms with Crippen LogP contribution in [0.4, 0.5) is 5.00 Å². The van der Waals surface area contributed by atoms with E-state index in [-0.39, 0.29) is 5.16 Å². The van der Waals surface area contributed by atoms with Gasteiger partial charge in [-0.3, -0.25) is 0 Å². The van der Waals surface area contributed by atoms with Gasteiger partial charge < -0.3 is 10.7 Å². The summed E-state index contributed by atoms with van der Waals surface area (Å²) in [5, 5.41) is 2.24. The third kappa shape index (κ3) is 1.29. The maximum atomic E-state index is 11.1. The number of aromatic nitrogens is 2. The van der Waals surface area contributed by atoms with Crippen molar-refractivity contribution >= 4 is 37.2 Å². The Bertz CT molecular complexity index is 551. The maximum Gasteiger partial charge on any atom is 0.225 e. The molecule has 2 rings (SSSR count). The number of H-pyrrole nitrogens is 1. The molecule has 70 valence electrons. The van der Waals surface area contributed by atoms with E-state index in [1.54, 1.807) is 5.38 Å². The smallest absolute Gasteiger partial charge is 0.225 e. The third-order valence-electron chi connectivity index (χ3n) is 1.60. The van der Waals surface area contributed by atoms with Crippen molar-refractivity contribution in [3.63, 3.8) is 0 Å². The number of sulfone groups is 1. The lowest BCUT2D eigenvalue weighted by atomic mass is 10.5. The fraction of sp³-hybridized carbons (Fsp3) is 0.167. The topological polar surface area (TPSA) is 88.8 Å². The molecular formula is C6H7N3O2S2. The van der Waals surface area contributed by atoms with Gasteiger partial charge in [-0.1, -0.05) is 0 Å². The Labute approximate surface area is 78.5 Å². The Balaban J connectivity index is 2.77. The van der Waals surface area contributed by atoms with Gasteiger partial charge in [0, 0.05) is 11.6 Å². The van der Waals surface area contributed by atoms with E-state index in [2.05, 4.69) is 9.97 Å². The predicted octanol–water partition coefficient (Wildman–Crippen LogP) is 0.610. The van der Waals surface area contributed by atoms with Gasteiger partial charge in [0.25, 0.3) is 0 Å². The molecule has 0 unspecified atom stereocenters. The predicted molar refractivity (Wildman–Crippen MR) is 51.5 cm³/mol. The van der Waals surface area contributed by atoms with E-state index in [1.807, 2.05) is 0 Å². The van der Waals surface area contributed by atoms with Crippen LogP contribution < -0.4 is 5.73 Å². The van der Waals surface area contributed by atoms with Crippen molar-refractivity contribution < 1.29 is 8.42 Å². The van der Waals surface area contributed by atoms with Gasteiger partial charge in [0.15, 0.2) is 0 Å². The molecule has 0 saturated heterocycles. The van der Waals surface area contributed by atoms with E-state index in [0.717, 1.165) is 6.26 Å². The van der Waals surface area contributed by atoms with Crippen molar-refractivity contribution in [2.45, 2.75) is 5.16 Å². The molecule has 0 aliphatic carbocycles. The van der Waals surface area contributed by atoms with E-state index < -0.39 is 9.84 Å². The van der Waals surface area contributed by atoms with Crippen molar-refractivity contribution in [1.29, 1.82) is 0 Å². The van der Waals surface area contributed by atoms with Crippen molar-refractivity contribution in [3.8, 4) is 0 Å². The van der Waals surface area contributed by atoms with Crippen LogP contribution in [-0.4, -0.2) is 24.6 Å². The molecule has 0 aliphatic rings. The first-order valence-electron chi connectivity index (χ1n) is 3.41. The Hall–Kier alpha value is -1.08. The number of rotatable bonds is 1. The summed E-state index contributed by atoms with van der Waals surface area (Å²) < 4.78 is 22.2. The highest BCUT2D eigenvalue weighted by Gasteiger charge is 2.14. The molecule has 7 heteroatoms. The van der Waals surface area contributed by atoms with E-state index >= 15 is 0 Å². The molecule has 0 saturated carbocycles. The average Bonchev–Trinajstić information content (AvgIpc) is 2.51. The van der Waals surface area contributed by atoms with Gasteiger partial charge >= 0.3 is 0 Å². The number of nitrogens with one attached hydrogen (secondary N) is 1. The number of imidazole rings is 1. The number of nitrogens with two attached hydrogens (primary N) is 1. The Morgan fingerprint density at radius 3 is 2.85 bits per heavy atom. The minimum atomic E-state index is -3.27. The molecule has 0 amide bonds. The standard InChI is InChI=1S/C6H7N3O2S2/c1-13(10,11)6-8-3-2-12-5(7)4(3)9-6/h2H,7H2,1H3,(H,8,9). The number of thiophene rings is 1. The molecule has 0 radical (unpaired) electrons. The van der Waals surface area contributed by atoms with E-state index in [1.165, 1.54) is 11.3 Å². The first-order chi connectivity index (χ1) is 5.98. The molecule has 2 aromatic rings. The second kappa shape index (κ2) is 2.46. The van der Waals surface area contributed by atoms with Crippen LogP contribution in [0, 0.1) is 0 Å². The van der Waals surface area contributed by atoms with Gasteiger partial charge in [-0.05, 0) is 0 Å². The van der Waals surface area contributed by atoms with E-state index in [9.17, 15) is 8.42 Å². The minimum Gasteiger partial charge on any atom is -0.389 e. The number of aromatic amines is 1. The normalized spacial score (nSPS) is 12.4. The van der Waals surface area contributed by atoms with Crippen LogP contribution in [0.3, 0.4) is 0 Å². The zero-order valence-electron chi connectivity index (χ0n) is 6.73. The van der Waals surface area contributed by atoms with Crippen LogP contribution in [0.2, 0.25) is 0 Å². The van der Waals surface area contributed by atoms with Crippen LogP contribution in [-0.2, 0) is 9.84 Å². The minimum absolute atomic E-state index is 0.0306. The van der Waals surface area contributed by atoms with Gasteiger partial charge in [-0.15, -0.1) is 11.3 Å². The lowest BCUT2D eigenvalue weighted by Gasteiger charge is -1.87. The van der Waals surface area contributed by atoms with Crippen LogP contribution in [0.5, 0.6) is 0 Å².